The molecule has 0 saturated carbocycles. The van der Waals surface area contributed by atoms with Gasteiger partial charge >= 0.3 is 5.97 Å². The second-order valence-electron chi connectivity index (χ2n) is 4.67. The van der Waals surface area contributed by atoms with Crippen molar-refractivity contribution in [2.75, 3.05) is 0 Å². The third-order valence-electron chi connectivity index (χ3n) is 3.21. The van der Waals surface area contributed by atoms with E-state index in [2.05, 4.69) is 15.9 Å². The SMILES string of the molecule is Cc1cccc(C(=O)Oc2c(C)cc(Br)cc2Cl)c1C. The second kappa shape index (κ2) is 5.98. The highest BCUT2D eigenvalue weighted by Crippen LogP contribution is 2.32. The van der Waals surface area contributed by atoms with Crippen molar-refractivity contribution in [1.82, 2.24) is 0 Å². The molecule has 2 aromatic rings. The van der Waals surface area contributed by atoms with E-state index < -0.39 is 5.97 Å². The number of hydrogen-bond acceptors (Lipinski definition) is 2. The Morgan fingerprint density at radius 2 is 1.85 bits per heavy atom. The van der Waals surface area contributed by atoms with Crippen LogP contribution in [0.3, 0.4) is 0 Å². The van der Waals surface area contributed by atoms with Gasteiger partial charge in [-0.05, 0) is 55.7 Å². The highest BCUT2D eigenvalue weighted by atomic mass is 79.9. The van der Waals surface area contributed by atoms with Crippen molar-refractivity contribution in [3.8, 4) is 5.75 Å². The lowest BCUT2D eigenvalue weighted by molar-refractivity contribution is 0.0732. The Bertz CT molecular complexity index is 657. The van der Waals surface area contributed by atoms with Crippen LogP contribution in [-0.2, 0) is 0 Å². The molecule has 0 unspecified atom stereocenters. The Balaban J connectivity index is 2.36. The maximum atomic E-state index is 12.3. The molecular weight excluding hydrogens is 340 g/mol. The van der Waals surface area contributed by atoms with Crippen LogP contribution in [0.5, 0.6) is 5.75 Å². The van der Waals surface area contributed by atoms with Crippen LogP contribution in [0.4, 0.5) is 0 Å². The summed E-state index contributed by atoms with van der Waals surface area (Å²) in [7, 11) is 0. The number of carbonyl (C=O) groups is 1. The van der Waals surface area contributed by atoms with E-state index in [1.54, 1.807) is 12.1 Å². The summed E-state index contributed by atoms with van der Waals surface area (Å²) in [6, 6.07) is 9.13. The van der Waals surface area contributed by atoms with E-state index in [4.69, 9.17) is 16.3 Å². The van der Waals surface area contributed by atoms with Gasteiger partial charge in [0.05, 0.1) is 10.6 Å². The average molecular weight is 354 g/mol. The molecule has 104 valence electrons. The summed E-state index contributed by atoms with van der Waals surface area (Å²) >= 11 is 9.48. The third kappa shape index (κ3) is 3.05. The van der Waals surface area contributed by atoms with Gasteiger partial charge in [0.25, 0.3) is 0 Å². The smallest absolute Gasteiger partial charge is 0.343 e. The molecule has 0 saturated heterocycles. The Kier molecular flexibility index (Phi) is 4.51. The van der Waals surface area contributed by atoms with E-state index >= 15 is 0 Å². The van der Waals surface area contributed by atoms with E-state index in [0.717, 1.165) is 21.2 Å². The first-order valence-corrected chi connectivity index (χ1v) is 7.31. The molecule has 0 spiro atoms. The van der Waals surface area contributed by atoms with Gasteiger partial charge < -0.3 is 4.74 Å². The van der Waals surface area contributed by atoms with Crippen LogP contribution in [0.25, 0.3) is 0 Å². The van der Waals surface area contributed by atoms with Gasteiger partial charge in [0.15, 0.2) is 5.75 Å². The molecule has 4 heteroatoms. The molecule has 0 bridgehead atoms. The molecule has 0 N–H and O–H groups in total. The first kappa shape index (κ1) is 15.1. The zero-order valence-electron chi connectivity index (χ0n) is 11.5. The fourth-order valence-electron chi connectivity index (χ4n) is 1.94. The topological polar surface area (TPSA) is 26.3 Å². The molecule has 2 nitrogen and oxygen atoms in total. The number of halogens is 2. The normalized spacial score (nSPS) is 10.4. The Morgan fingerprint density at radius 3 is 2.50 bits per heavy atom. The number of ether oxygens (including phenoxy) is 1. The quantitative estimate of drug-likeness (QED) is 0.544. The van der Waals surface area contributed by atoms with E-state index in [1.165, 1.54) is 0 Å². The van der Waals surface area contributed by atoms with Gasteiger partial charge in [-0.3, -0.25) is 0 Å². The van der Waals surface area contributed by atoms with Crippen molar-refractivity contribution in [3.05, 3.63) is 62.1 Å². The fourth-order valence-corrected chi connectivity index (χ4v) is 2.95. The molecule has 0 aliphatic rings. The van der Waals surface area contributed by atoms with Crippen molar-refractivity contribution in [3.63, 3.8) is 0 Å². The number of rotatable bonds is 2. The van der Waals surface area contributed by atoms with Crippen LogP contribution in [0.15, 0.2) is 34.8 Å². The first-order valence-electron chi connectivity index (χ1n) is 6.14. The van der Waals surface area contributed by atoms with Crippen LogP contribution in [0.2, 0.25) is 5.02 Å². The van der Waals surface area contributed by atoms with E-state index in [0.29, 0.717) is 16.3 Å². The molecular formula is C16H14BrClO2. The van der Waals surface area contributed by atoms with Gasteiger partial charge in [-0.25, -0.2) is 4.79 Å². The number of esters is 1. The van der Waals surface area contributed by atoms with Crippen molar-refractivity contribution in [1.29, 1.82) is 0 Å². The van der Waals surface area contributed by atoms with Gasteiger partial charge in [0.2, 0.25) is 0 Å². The summed E-state index contributed by atoms with van der Waals surface area (Å²) in [5.41, 5.74) is 3.34. The van der Waals surface area contributed by atoms with E-state index in [-0.39, 0.29) is 0 Å². The van der Waals surface area contributed by atoms with Gasteiger partial charge in [-0.1, -0.05) is 39.7 Å². The number of aryl methyl sites for hydroxylation is 2. The minimum Gasteiger partial charge on any atom is -0.421 e. The molecule has 0 aromatic heterocycles. The molecule has 2 aromatic carbocycles. The number of benzene rings is 2. The van der Waals surface area contributed by atoms with Gasteiger partial charge in [0, 0.05) is 4.47 Å². The Labute approximate surface area is 131 Å². The molecule has 0 fully saturated rings. The molecule has 0 radical (unpaired) electrons. The van der Waals surface area contributed by atoms with Crippen LogP contribution in [-0.4, -0.2) is 5.97 Å². The standard InChI is InChI=1S/C16H14BrClO2/c1-9-5-4-6-13(11(9)3)16(19)20-15-10(2)7-12(17)8-14(15)18/h4-8H,1-3H3. The van der Waals surface area contributed by atoms with E-state index in [1.807, 2.05) is 39.0 Å². The number of carbonyl (C=O) groups excluding carboxylic acids is 1. The molecule has 0 heterocycles. The maximum Gasteiger partial charge on any atom is 0.343 e. The van der Waals surface area contributed by atoms with Crippen molar-refractivity contribution in [2.45, 2.75) is 20.8 Å². The molecule has 0 aliphatic carbocycles. The second-order valence-corrected chi connectivity index (χ2v) is 5.99. The fraction of sp³-hybridized carbons (Fsp3) is 0.188. The predicted octanol–water partition coefficient (Wildman–Crippen LogP) is 5.25. The van der Waals surface area contributed by atoms with Crippen LogP contribution < -0.4 is 4.74 Å². The minimum atomic E-state index is -0.390. The monoisotopic (exact) mass is 352 g/mol. The van der Waals surface area contributed by atoms with Gasteiger partial charge in [-0.15, -0.1) is 0 Å². The summed E-state index contributed by atoms with van der Waals surface area (Å²) in [6.45, 7) is 5.72. The molecule has 0 aliphatic heterocycles. The zero-order valence-corrected chi connectivity index (χ0v) is 13.8. The molecule has 2 rings (SSSR count). The lowest BCUT2D eigenvalue weighted by atomic mass is 10.0. The summed E-state index contributed by atoms with van der Waals surface area (Å²) in [5, 5.41) is 0.413. The van der Waals surface area contributed by atoms with Crippen LogP contribution in [0, 0.1) is 20.8 Å². The zero-order chi connectivity index (χ0) is 14.9. The summed E-state index contributed by atoms with van der Waals surface area (Å²) < 4.78 is 6.31. The predicted molar refractivity (Wildman–Crippen MR) is 84.8 cm³/mol. The van der Waals surface area contributed by atoms with Gasteiger partial charge in [-0.2, -0.15) is 0 Å². The minimum absolute atomic E-state index is 0.390. The van der Waals surface area contributed by atoms with Crippen molar-refractivity contribution in [2.24, 2.45) is 0 Å². The highest BCUT2D eigenvalue weighted by Gasteiger charge is 2.16. The highest BCUT2D eigenvalue weighted by molar-refractivity contribution is 9.10. The third-order valence-corrected chi connectivity index (χ3v) is 3.95. The van der Waals surface area contributed by atoms with Crippen molar-refractivity contribution >= 4 is 33.5 Å². The molecule has 20 heavy (non-hydrogen) atoms. The molecule has 0 amide bonds. The largest absolute Gasteiger partial charge is 0.421 e. The van der Waals surface area contributed by atoms with Crippen LogP contribution >= 0.6 is 27.5 Å². The summed E-state index contributed by atoms with van der Waals surface area (Å²) in [6.07, 6.45) is 0. The first-order chi connectivity index (χ1) is 9.40. The summed E-state index contributed by atoms with van der Waals surface area (Å²) in [5.74, 6) is 0.0132. The lowest BCUT2D eigenvalue weighted by Crippen LogP contribution is -2.12. The molecule has 0 atom stereocenters. The maximum absolute atomic E-state index is 12.3. The van der Waals surface area contributed by atoms with Gasteiger partial charge in [0.1, 0.15) is 0 Å². The van der Waals surface area contributed by atoms with Crippen LogP contribution in [0.1, 0.15) is 27.0 Å². The average Bonchev–Trinajstić information content (AvgIpc) is 2.36. The summed E-state index contributed by atoms with van der Waals surface area (Å²) in [4.78, 5) is 12.3. The van der Waals surface area contributed by atoms with Crippen molar-refractivity contribution < 1.29 is 9.53 Å². The lowest BCUT2D eigenvalue weighted by Gasteiger charge is -2.12. The van der Waals surface area contributed by atoms with E-state index in [9.17, 15) is 4.79 Å². The Morgan fingerprint density at radius 1 is 1.15 bits per heavy atom. The Hall–Kier alpha value is -1.32. The number of hydrogen-bond donors (Lipinski definition) is 0.